The van der Waals surface area contributed by atoms with Gasteiger partial charge >= 0.3 is 6.03 Å². The van der Waals surface area contributed by atoms with Gasteiger partial charge in [-0.3, -0.25) is 10.1 Å². The van der Waals surface area contributed by atoms with Crippen molar-refractivity contribution in [2.45, 2.75) is 25.2 Å². The fourth-order valence-corrected chi connectivity index (χ4v) is 4.34. The summed E-state index contributed by atoms with van der Waals surface area (Å²) in [6.45, 7) is 5.00. The van der Waals surface area contributed by atoms with Crippen LogP contribution in [0.3, 0.4) is 0 Å². The maximum absolute atomic E-state index is 12.6. The minimum Gasteiger partial charge on any atom is -0.362 e. The van der Waals surface area contributed by atoms with Crippen molar-refractivity contribution in [3.8, 4) is 0 Å². The average molecular weight is 354 g/mol. The third kappa shape index (κ3) is 3.68. The number of carbonyl (C=O) groups is 2. The Kier molecular flexibility index (Phi) is 5.45. The molecule has 0 radical (unpaired) electrons. The fourth-order valence-electron chi connectivity index (χ4n) is 2.83. The highest BCUT2D eigenvalue weighted by Gasteiger charge is 2.26. The molecule has 0 saturated carbocycles. The first-order chi connectivity index (χ1) is 11.3. The Morgan fingerprint density at radius 2 is 1.96 bits per heavy atom. The smallest absolute Gasteiger partial charge is 0.318 e. The van der Waals surface area contributed by atoms with Crippen LogP contribution in [0.2, 0.25) is 0 Å². The molecule has 0 saturated heterocycles. The summed E-state index contributed by atoms with van der Waals surface area (Å²) in [4.78, 5) is 24.4. The maximum atomic E-state index is 12.6. The van der Waals surface area contributed by atoms with Crippen molar-refractivity contribution in [2.75, 3.05) is 31.1 Å². The van der Waals surface area contributed by atoms with E-state index in [1.54, 1.807) is 36.9 Å². The maximum Gasteiger partial charge on any atom is 0.318 e. The first-order valence-electron chi connectivity index (χ1n) is 7.76. The van der Waals surface area contributed by atoms with Crippen LogP contribution in [-0.2, 0) is 21.2 Å². The van der Waals surface area contributed by atoms with Gasteiger partial charge in [-0.2, -0.15) is 4.31 Å². The van der Waals surface area contributed by atoms with Gasteiger partial charge in [-0.1, -0.05) is 13.8 Å². The Labute approximate surface area is 141 Å². The molecule has 1 aromatic carbocycles. The molecule has 3 N–H and O–H groups in total. The van der Waals surface area contributed by atoms with Crippen LogP contribution in [0.15, 0.2) is 23.1 Å². The number of hydrogen-bond donors (Lipinski definition) is 2. The Balaban J connectivity index is 2.22. The zero-order valence-corrected chi connectivity index (χ0v) is 14.6. The molecule has 0 unspecified atom stereocenters. The molecule has 0 aromatic heterocycles. The number of nitrogens with zero attached hydrogens (tertiary/aromatic N) is 2. The Bertz CT molecular complexity index is 744. The summed E-state index contributed by atoms with van der Waals surface area (Å²) in [6, 6.07) is 4.03. The van der Waals surface area contributed by atoms with Crippen LogP contribution in [0, 0.1) is 0 Å². The summed E-state index contributed by atoms with van der Waals surface area (Å²) >= 11 is 0. The number of amides is 3. The van der Waals surface area contributed by atoms with Crippen LogP contribution in [0.25, 0.3) is 0 Å². The zero-order valence-electron chi connectivity index (χ0n) is 13.8. The van der Waals surface area contributed by atoms with Crippen molar-refractivity contribution >= 4 is 27.6 Å². The number of urea groups is 1. The van der Waals surface area contributed by atoms with Gasteiger partial charge in [0.05, 0.1) is 11.4 Å². The first-order valence-corrected chi connectivity index (χ1v) is 9.20. The molecule has 132 valence electrons. The number of benzene rings is 1. The molecule has 0 spiro atoms. The van der Waals surface area contributed by atoms with Crippen molar-refractivity contribution in [2.24, 2.45) is 5.73 Å². The van der Waals surface area contributed by atoms with Gasteiger partial charge in [-0.25, -0.2) is 13.2 Å². The lowest BCUT2D eigenvalue weighted by molar-refractivity contribution is -0.118. The number of rotatable bonds is 6. The van der Waals surface area contributed by atoms with E-state index in [-0.39, 0.29) is 11.4 Å². The predicted molar refractivity (Wildman–Crippen MR) is 90.2 cm³/mol. The number of carbonyl (C=O) groups excluding carboxylic acids is 2. The van der Waals surface area contributed by atoms with Gasteiger partial charge in [0.25, 0.3) is 0 Å². The third-order valence-electron chi connectivity index (χ3n) is 3.98. The Hall–Kier alpha value is -2.13. The van der Waals surface area contributed by atoms with E-state index in [1.165, 1.54) is 4.31 Å². The van der Waals surface area contributed by atoms with E-state index >= 15 is 0 Å². The topological polar surface area (TPSA) is 113 Å². The number of hydrogen-bond acceptors (Lipinski definition) is 5. The number of sulfonamides is 1. The largest absolute Gasteiger partial charge is 0.362 e. The molecule has 0 fully saturated rings. The van der Waals surface area contributed by atoms with E-state index < -0.39 is 22.0 Å². The lowest BCUT2D eigenvalue weighted by atomic mass is 10.2. The van der Waals surface area contributed by atoms with Gasteiger partial charge in [-0.05, 0) is 30.2 Å². The second kappa shape index (κ2) is 7.18. The lowest BCUT2D eigenvalue weighted by Crippen LogP contribution is -2.41. The molecule has 3 amide bonds. The highest BCUT2D eigenvalue weighted by Crippen LogP contribution is 2.30. The second-order valence-corrected chi connectivity index (χ2v) is 7.40. The summed E-state index contributed by atoms with van der Waals surface area (Å²) in [7, 11) is -3.50. The van der Waals surface area contributed by atoms with E-state index in [1.807, 2.05) is 5.32 Å². The van der Waals surface area contributed by atoms with Gasteiger partial charge in [-0.15, -0.1) is 0 Å². The summed E-state index contributed by atoms with van der Waals surface area (Å²) in [5.41, 5.74) is 6.59. The van der Waals surface area contributed by atoms with Crippen LogP contribution < -0.4 is 16.0 Å². The van der Waals surface area contributed by atoms with E-state index in [4.69, 9.17) is 5.73 Å². The molecule has 0 bridgehead atoms. The quantitative estimate of drug-likeness (QED) is 0.761. The van der Waals surface area contributed by atoms with Crippen molar-refractivity contribution in [3.05, 3.63) is 23.8 Å². The summed E-state index contributed by atoms with van der Waals surface area (Å²) in [6.07, 6.45) is 0.640. The lowest BCUT2D eigenvalue weighted by Gasteiger charge is -2.20. The second-order valence-electron chi connectivity index (χ2n) is 5.46. The molecule has 9 heteroatoms. The van der Waals surface area contributed by atoms with Gasteiger partial charge < -0.3 is 10.6 Å². The van der Waals surface area contributed by atoms with Gasteiger partial charge in [0, 0.05) is 25.3 Å². The van der Waals surface area contributed by atoms with Crippen molar-refractivity contribution in [1.82, 2.24) is 9.62 Å². The number of imide groups is 1. The van der Waals surface area contributed by atoms with Crippen LogP contribution >= 0.6 is 0 Å². The molecule has 0 aliphatic carbocycles. The van der Waals surface area contributed by atoms with Crippen LogP contribution in [0.1, 0.15) is 19.4 Å². The van der Waals surface area contributed by atoms with Gasteiger partial charge in [0.1, 0.15) is 0 Å². The predicted octanol–water partition coefficient (Wildman–Crippen LogP) is 0.275. The molecule has 24 heavy (non-hydrogen) atoms. The van der Waals surface area contributed by atoms with Gasteiger partial charge in [0.15, 0.2) is 0 Å². The van der Waals surface area contributed by atoms with Crippen LogP contribution in [-0.4, -0.2) is 50.8 Å². The highest BCUT2D eigenvalue weighted by atomic mass is 32.2. The molecule has 1 heterocycles. The van der Waals surface area contributed by atoms with Crippen LogP contribution in [0.4, 0.5) is 10.5 Å². The molecule has 1 aromatic rings. The van der Waals surface area contributed by atoms with Crippen molar-refractivity contribution in [3.63, 3.8) is 0 Å². The first kappa shape index (κ1) is 18.2. The summed E-state index contributed by atoms with van der Waals surface area (Å²) in [5.74, 6) is -0.491. The molecule has 8 nitrogen and oxygen atoms in total. The molecule has 1 aliphatic rings. The SMILES string of the molecule is CCN(CC)S(=O)(=O)c1ccc2c(c1)CCN2CC(=O)NC(N)=O. The molecular weight excluding hydrogens is 332 g/mol. The number of primary amides is 1. The Morgan fingerprint density at radius 3 is 2.54 bits per heavy atom. The molecular formula is C15H22N4O4S. The van der Waals surface area contributed by atoms with E-state index in [0.29, 0.717) is 26.1 Å². The molecule has 1 aliphatic heterocycles. The fraction of sp³-hybridized carbons (Fsp3) is 0.467. The van der Waals surface area contributed by atoms with Crippen molar-refractivity contribution < 1.29 is 18.0 Å². The van der Waals surface area contributed by atoms with Gasteiger partial charge in [0.2, 0.25) is 15.9 Å². The monoisotopic (exact) mass is 354 g/mol. The van der Waals surface area contributed by atoms with Crippen LogP contribution in [0.5, 0.6) is 0 Å². The third-order valence-corrected chi connectivity index (χ3v) is 6.03. The zero-order chi connectivity index (χ0) is 17.9. The normalized spacial score (nSPS) is 13.9. The average Bonchev–Trinajstić information content (AvgIpc) is 2.89. The number of anilines is 1. The summed E-state index contributed by atoms with van der Waals surface area (Å²) < 4.78 is 26.5. The van der Waals surface area contributed by atoms with E-state index in [0.717, 1.165) is 11.3 Å². The minimum atomic E-state index is -3.50. The standard InChI is InChI=1S/C15H22N4O4S/c1-3-19(4-2)24(22,23)12-5-6-13-11(9-12)7-8-18(13)10-14(20)17-15(16)21/h5-6,9H,3-4,7-8,10H2,1-2H3,(H3,16,17,20,21). The van der Waals surface area contributed by atoms with E-state index in [2.05, 4.69) is 0 Å². The Morgan fingerprint density at radius 1 is 1.29 bits per heavy atom. The highest BCUT2D eigenvalue weighted by molar-refractivity contribution is 7.89. The number of fused-ring (bicyclic) bond motifs is 1. The minimum absolute atomic E-state index is 0.00190. The summed E-state index contributed by atoms with van der Waals surface area (Å²) in [5, 5.41) is 2.02. The number of nitrogens with one attached hydrogen (secondary N) is 1. The molecule has 0 atom stereocenters. The van der Waals surface area contributed by atoms with E-state index in [9.17, 15) is 18.0 Å². The molecule has 2 rings (SSSR count). The number of nitrogens with two attached hydrogens (primary N) is 1. The van der Waals surface area contributed by atoms with Crippen molar-refractivity contribution in [1.29, 1.82) is 0 Å².